The zero-order chi connectivity index (χ0) is 15.1. The molecule has 2 aliphatic heterocycles. The molecule has 6 nitrogen and oxygen atoms in total. The second-order valence-corrected chi connectivity index (χ2v) is 6.16. The molecule has 110 valence electrons. The van der Waals surface area contributed by atoms with Crippen LogP contribution in [0.15, 0.2) is 24.3 Å². The number of carbonyl (C=O) groups is 3. The predicted molar refractivity (Wildman–Crippen MR) is 74.2 cm³/mol. The molecule has 2 heterocycles. The second-order valence-electron chi connectivity index (χ2n) is 5.05. The number of benzene rings is 1. The molecule has 0 aromatic heterocycles. The van der Waals surface area contributed by atoms with Crippen LogP contribution in [0.25, 0.3) is 0 Å². The number of carbonyl (C=O) groups excluding carboxylic acids is 3. The van der Waals surface area contributed by atoms with E-state index in [-0.39, 0.29) is 11.3 Å². The molecule has 0 radical (unpaired) electrons. The summed E-state index contributed by atoms with van der Waals surface area (Å²) in [6, 6.07) is 5.55. The van der Waals surface area contributed by atoms with Crippen LogP contribution in [0.2, 0.25) is 0 Å². The van der Waals surface area contributed by atoms with Crippen molar-refractivity contribution in [1.82, 2.24) is 10.2 Å². The molecule has 1 aromatic rings. The molecule has 0 spiro atoms. The third-order valence-corrected chi connectivity index (χ3v) is 5.01. The van der Waals surface area contributed by atoms with Gasteiger partial charge in [-0.3, -0.25) is 9.59 Å². The quantitative estimate of drug-likeness (QED) is 0.814. The van der Waals surface area contributed by atoms with E-state index in [9.17, 15) is 19.5 Å². The van der Waals surface area contributed by atoms with E-state index in [1.54, 1.807) is 12.1 Å². The third kappa shape index (κ3) is 2.17. The molecule has 0 aliphatic carbocycles. The summed E-state index contributed by atoms with van der Waals surface area (Å²) < 4.78 is 0. The molecule has 0 saturated carbocycles. The summed E-state index contributed by atoms with van der Waals surface area (Å²) in [4.78, 5) is 36.8. The number of carboxylic acid groups (broad SMARTS) is 1. The van der Waals surface area contributed by atoms with Crippen LogP contribution in [0.1, 0.15) is 28.2 Å². The SMILES string of the molecule is C[C@H](NC(=O)[C@@H]1CS[C@H]2c3ccccc3C(=O)N12)C(=O)[O-]. The monoisotopic (exact) mass is 305 g/mol. The molecular weight excluding hydrogens is 292 g/mol. The van der Waals surface area contributed by atoms with Gasteiger partial charge in [0.25, 0.3) is 5.91 Å². The normalized spacial score (nSPS) is 24.4. The first-order chi connectivity index (χ1) is 10.0. The Balaban J connectivity index is 1.82. The first kappa shape index (κ1) is 13.9. The molecule has 1 aromatic carbocycles. The summed E-state index contributed by atoms with van der Waals surface area (Å²) in [6.07, 6.45) is 0. The van der Waals surface area contributed by atoms with Crippen LogP contribution in [-0.4, -0.2) is 40.5 Å². The van der Waals surface area contributed by atoms with Gasteiger partial charge in [-0.1, -0.05) is 18.2 Å². The largest absolute Gasteiger partial charge is 0.548 e. The fourth-order valence-electron chi connectivity index (χ4n) is 2.61. The van der Waals surface area contributed by atoms with E-state index < -0.39 is 24.0 Å². The molecule has 1 N–H and O–H groups in total. The molecule has 1 saturated heterocycles. The van der Waals surface area contributed by atoms with Crippen molar-refractivity contribution in [1.29, 1.82) is 0 Å². The predicted octanol–water partition coefficient (Wildman–Crippen LogP) is -0.489. The summed E-state index contributed by atoms with van der Waals surface area (Å²) in [5.41, 5.74) is 1.52. The van der Waals surface area contributed by atoms with Gasteiger partial charge in [0.1, 0.15) is 11.4 Å². The van der Waals surface area contributed by atoms with E-state index in [4.69, 9.17) is 0 Å². The van der Waals surface area contributed by atoms with E-state index in [2.05, 4.69) is 5.32 Å². The Bertz CT molecular complexity index is 633. The maximum atomic E-state index is 12.4. The smallest absolute Gasteiger partial charge is 0.256 e. The molecule has 0 unspecified atom stereocenters. The highest BCUT2D eigenvalue weighted by molar-refractivity contribution is 7.99. The minimum atomic E-state index is -1.35. The second kappa shape index (κ2) is 5.07. The van der Waals surface area contributed by atoms with E-state index in [0.717, 1.165) is 5.56 Å². The van der Waals surface area contributed by atoms with Crippen molar-refractivity contribution < 1.29 is 19.5 Å². The first-order valence-electron chi connectivity index (χ1n) is 6.55. The highest BCUT2D eigenvalue weighted by Crippen LogP contribution is 2.47. The average Bonchev–Trinajstić information content (AvgIpc) is 3.00. The number of amides is 2. The maximum absolute atomic E-state index is 12.4. The Hall–Kier alpha value is -2.02. The summed E-state index contributed by atoms with van der Waals surface area (Å²) in [5, 5.41) is 12.9. The van der Waals surface area contributed by atoms with E-state index >= 15 is 0 Å². The number of thioether (sulfide) groups is 1. The van der Waals surface area contributed by atoms with E-state index in [1.165, 1.54) is 23.6 Å². The van der Waals surface area contributed by atoms with E-state index in [0.29, 0.717) is 11.3 Å². The number of hydrogen-bond acceptors (Lipinski definition) is 5. The Morgan fingerprint density at radius 2 is 2.14 bits per heavy atom. The molecule has 21 heavy (non-hydrogen) atoms. The molecular formula is C14H13N2O4S-. The zero-order valence-electron chi connectivity index (χ0n) is 11.2. The Morgan fingerprint density at radius 1 is 1.43 bits per heavy atom. The van der Waals surface area contributed by atoms with Gasteiger partial charge in [0, 0.05) is 11.3 Å². The van der Waals surface area contributed by atoms with Crippen molar-refractivity contribution in [3.63, 3.8) is 0 Å². The number of hydrogen-bond donors (Lipinski definition) is 1. The number of nitrogens with zero attached hydrogens (tertiary/aromatic N) is 1. The van der Waals surface area contributed by atoms with Gasteiger partial charge in [0.15, 0.2) is 0 Å². The van der Waals surface area contributed by atoms with Crippen molar-refractivity contribution in [3.8, 4) is 0 Å². The maximum Gasteiger partial charge on any atom is 0.256 e. The van der Waals surface area contributed by atoms with Crippen molar-refractivity contribution in [3.05, 3.63) is 35.4 Å². The fraction of sp³-hybridized carbons (Fsp3) is 0.357. The summed E-state index contributed by atoms with van der Waals surface area (Å²) in [7, 11) is 0. The molecule has 7 heteroatoms. The summed E-state index contributed by atoms with van der Waals surface area (Å²) >= 11 is 1.51. The van der Waals surface area contributed by atoms with Crippen molar-refractivity contribution >= 4 is 29.5 Å². The highest BCUT2D eigenvalue weighted by atomic mass is 32.2. The first-order valence-corrected chi connectivity index (χ1v) is 7.60. The van der Waals surface area contributed by atoms with Crippen LogP contribution in [0, 0.1) is 0 Å². The molecule has 1 fully saturated rings. The lowest BCUT2D eigenvalue weighted by atomic mass is 10.1. The van der Waals surface area contributed by atoms with Gasteiger partial charge in [-0.25, -0.2) is 0 Å². The Labute approximate surface area is 125 Å². The van der Waals surface area contributed by atoms with Crippen LogP contribution in [-0.2, 0) is 9.59 Å². The molecule has 2 amide bonds. The molecule has 3 rings (SSSR count). The third-order valence-electron chi connectivity index (χ3n) is 3.71. The highest BCUT2D eigenvalue weighted by Gasteiger charge is 2.48. The van der Waals surface area contributed by atoms with Gasteiger partial charge in [-0.2, -0.15) is 0 Å². The standard InChI is InChI=1S/C14H14N2O4S/c1-7(14(19)20)15-11(17)10-6-21-13-9-5-3-2-4-8(9)12(18)16(10)13/h2-5,7,10,13H,6H2,1H3,(H,15,17)(H,19,20)/p-1/t7-,10-,13-/m0/s1. The van der Waals surface area contributed by atoms with E-state index in [1.807, 2.05) is 12.1 Å². The van der Waals surface area contributed by atoms with Crippen LogP contribution in [0.3, 0.4) is 0 Å². The Morgan fingerprint density at radius 3 is 2.86 bits per heavy atom. The number of rotatable bonds is 3. The fourth-order valence-corrected chi connectivity index (χ4v) is 4.08. The molecule has 2 aliphatic rings. The topological polar surface area (TPSA) is 89.5 Å². The molecule has 3 atom stereocenters. The number of fused-ring (bicyclic) bond motifs is 3. The average molecular weight is 305 g/mol. The minimum absolute atomic E-state index is 0.164. The van der Waals surface area contributed by atoms with Gasteiger partial charge >= 0.3 is 0 Å². The number of nitrogens with one attached hydrogen (secondary N) is 1. The van der Waals surface area contributed by atoms with Gasteiger partial charge in [-0.05, 0) is 18.6 Å². The van der Waals surface area contributed by atoms with Crippen LogP contribution in [0.5, 0.6) is 0 Å². The zero-order valence-corrected chi connectivity index (χ0v) is 12.1. The molecule has 0 bridgehead atoms. The van der Waals surface area contributed by atoms with Gasteiger partial charge in [0.05, 0.1) is 12.0 Å². The van der Waals surface area contributed by atoms with Crippen molar-refractivity contribution in [2.45, 2.75) is 24.4 Å². The lowest BCUT2D eigenvalue weighted by molar-refractivity contribution is -0.307. The van der Waals surface area contributed by atoms with Crippen LogP contribution < -0.4 is 10.4 Å². The van der Waals surface area contributed by atoms with Gasteiger partial charge < -0.3 is 20.1 Å². The Kier molecular flexibility index (Phi) is 3.36. The lowest BCUT2D eigenvalue weighted by Crippen LogP contribution is -2.52. The number of carboxylic acids is 1. The number of aliphatic carboxylic acids is 1. The van der Waals surface area contributed by atoms with Gasteiger partial charge in [0.2, 0.25) is 5.91 Å². The van der Waals surface area contributed by atoms with Crippen LogP contribution in [0.4, 0.5) is 0 Å². The van der Waals surface area contributed by atoms with Crippen molar-refractivity contribution in [2.75, 3.05) is 5.75 Å². The summed E-state index contributed by atoms with van der Waals surface area (Å²) in [6.45, 7) is 1.34. The van der Waals surface area contributed by atoms with Gasteiger partial charge in [-0.15, -0.1) is 11.8 Å². The van der Waals surface area contributed by atoms with Crippen LogP contribution >= 0.6 is 11.8 Å². The van der Waals surface area contributed by atoms with Crippen molar-refractivity contribution in [2.24, 2.45) is 0 Å². The summed E-state index contributed by atoms with van der Waals surface area (Å²) in [5.74, 6) is -1.53. The minimum Gasteiger partial charge on any atom is -0.548 e. The lowest BCUT2D eigenvalue weighted by Gasteiger charge is -2.24.